The van der Waals surface area contributed by atoms with E-state index in [0.29, 0.717) is 19.5 Å². The number of carbonyl (C=O) groups excluding carboxylic acids is 1. The number of H-pyrrole nitrogens is 1. The van der Waals surface area contributed by atoms with Crippen LogP contribution in [0.4, 0.5) is 0 Å². The van der Waals surface area contributed by atoms with Gasteiger partial charge in [-0.25, -0.2) is 0 Å². The predicted molar refractivity (Wildman–Crippen MR) is 71.7 cm³/mol. The molecule has 1 amide bonds. The first-order chi connectivity index (χ1) is 9.24. The van der Waals surface area contributed by atoms with Gasteiger partial charge in [-0.1, -0.05) is 0 Å². The molecule has 2 heterocycles. The molecule has 0 aromatic carbocycles. The quantitative estimate of drug-likeness (QED) is 0.722. The van der Waals surface area contributed by atoms with Gasteiger partial charge in [0.15, 0.2) is 0 Å². The third kappa shape index (κ3) is 4.96. The Kier molecular flexibility index (Phi) is 5.29. The maximum absolute atomic E-state index is 11.8. The minimum atomic E-state index is 0.0908. The van der Waals surface area contributed by atoms with Gasteiger partial charge in [0.1, 0.15) is 0 Å². The smallest absolute Gasteiger partial charge is 0.234 e. The molecular formula is C12H22N6O. The third-order valence-corrected chi connectivity index (χ3v) is 3.35. The lowest BCUT2D eigenvalue weighted by Crippen LogP contribution is -2.39. The lowest BCUT2D eigenvalue weighted by molar-refractivity contribution is -0.122. The number of aromatic amines is 1. The maximum atomic E-state index is 11.8. The largest absolute Gasteiger partial charge is 0.355 e. The molecule has 1 saturated heterocycles. The van der Waals surface area contributed by atoms with Gasteiger partial charge in [0.2, 0.25) is 5.91 Å². The Morgan fingerprint density at radius 3 is 3.11 bits per heavy atom. The summed E-state index contributed by atoms with van der Waals surface area (Å²) >= 11 is 0. The number of rotatable bonds is 5. The van der Waals surface area contributed by atoms with Gasteiger partial charge in [0.05, 0.1) is 18.4 Å². The molecule has 2 N–H and O–H groups in total. The SMILES string of the molecule is CN1CCCN(CC(=O)NCCc2cn[nH]n2)CC1. The van der Waals surface area contributed by atoms with E-state index in [1.165, 1.54) is 0 Å². The Morgan fingerprint density at radius 1 is 1.42 bits per heavy atom. The van der Waals surface area contributed by atoms with Crippen LogP contribution >= 0.6 is 0 Å². The molecule has 0 saturated carbocycles. The van der Waals surface area contributed by atoms with Gasteiger partial charge in [-0.05, 0) is 26.6 Å². The molecule has 7 heteroatoms. The average Bonchev–Trinajstić information content (AvgIpc) is 2.81. The highest BCUT2D eigenvalue weighted by Crippen LogP contribution is 2.00. The van der Waals surface area contributed by atoms with Crippen LogP contribution in [0.15, 0.2) is 6.20 Å². The molecular weight excluding hydrogens is 244 g/mol. The summed E-state index contributed by atoms with van der Waals surface area (Å²) in [6.45, 7) is 5.22. The number of nitrogens with zero attached hydrogens (tertiary/aromatic N) is 4. The third-order valence-electron chi connectivity index (χ3n) is 3.35. The Bertz CT molecular complexity index is 380. The van der Waals surface area contributed by atoms with Crippen molar-refractivity contribution in [2.24, 2.45) is 0 Å². The Morgan fingerprint density at radius 2 is 2.32 bits per heavy atom. The van der Waals surface area contributed by atoms with E-state index in [4.69, 9.17) is 0 Å². The second kappa shape index (κ2) is 7.20. The molecule has 1 fully saturated rings. The highest BCUT2D eigenvalue weighted by atomic mass is 16.2. The van der Waals surface area contributed by atoms with Crippen LogP contribution in [-0.4, -0.2) is 77.4 Å². The molecule has 7 nitrogen and oxygen atoms in total. The molecule has 106 valence electrons. The topological polar surface area (TPSA) is 77.1 Å². The molecule has 0 aliphatic carbocycles. The molecule has 0 unspecified atom stereocenters. The first-order valence-corrected chi connectivity index (χ1v) is 6.76. The molecule has 1 aliphatic rings. The molecule has 0 bridgehead atoms. The van der Waals surface area contributed by atoms with Crippen LogP contribution in [0.1, 0.15) is 12.1 Å². The molecule has 0 atom stereocenters. The van der Waals surface area contributed by atoms with Crippen molar-refractivity contribution < 1.29 is 4.79 Å². The summed E-state index contributed by atoms with van der Waals surface area (Å²) in [5.74, 6) is 0.0908. The van der Waals surface area contributed by atoms with Crippen molar-refractivity contribution in [3.8, 4) is 0 Å². The lowest BCUT2D eigenvalue weighted by atomic mass is 10.3. The van der Waals surface area contributed by atoms with Crippen molar-refractivity contribution in [1.82, 2.24) is 30.5 Å². The van der Waals surface area contributed by atoms with Crippen molar-refractivity contribution in [2.75, 3.05) is 46.3 Å². The number of aromatic nitrogens is 3. The van der Waals surface area contributed by atoms with E-state index < -0.39 is 0 Å². The van der Waals surface area contributed by atoms with E-state index in [2.05, 4.69) is 37.6 Å². The maximum Gasteiger partial charge on any atom is 0.234 e. The summed E-state index contributed by atoms with van der Waals surface area (Å²) in [4.78, 5) is 16.3. The standard InChI is InChI=1S/C12H22N6O/c1-17-5-2-6-18(8-7-17)10-12(19)13-4-3-11-9-14-16-15-11/h9H,2-8,10H2,1H3,(H,13,19)(H,14,15,16). The second-order valence-electron chi connectivity index (χ2n) is 4.99. The zero-order chi connectivity index (χ0) is 13.5. The monoisotopic (exact) mass is 266 g/mol. The van der Waals surface area contributed by atoms with Crippen LogP contribution < -0.4 is 5.32 Å². The van der Waals surface area contributed by atoms with Gasteiger partial charge >= 0.3 is 0 Å². The minimum Gasteiger partial charge on any atom is -0.355 e. The number of amides is 1. The summed E-state index contributed by atoms with van der Waals surface area (Å²) < 4.78 is 0. The lowest BCUT2D eigenvalue weighted by Gasteiger charge is -2.19. The van der Waals surface area contributed by atoms with Gasteiger partial charge in [-0.3, -0.25) is 9.69 Å². The van der Waals surface area contributed by atoms with E-state index in [1.54, 1.807) is 6.20 Å². The Hall–Kier alpha value is -1.47. The first-order valence-electron chi connectivity index (χ1n) is 6.76. The second-order valence-corrected chi connectivity index (χ2v) is 4.99. The van der Waals surface area contributed by atoms with E-state index in [0.717, 1.165) is 38.3 Å². The number of nitrogens with one attached hydrogen (secondary N) is 2. The van der Waals surface area contributed by atoms with Gasteiger partial charge < -0.3 is 10.2 Å². The van der Waals surface area contributed by atoms with Crippen molar-refractivity contribution in [3.05, 3.63) is 11.9 Å². The number of likely N-dealkylation sites (N-methyl/N-ethyl adjacent to an activating group) is 1. The highest BCUT2D eigenvalue weighted by molar-refractivity contribution is 5.78. The molecule has 0 radical (unpaired) electrons. The van der Waals surface area contributed by atoms with Crippen molar-refractivity contribution in [1.29, 1.82) is 0 Å². The average molecular weight is 266 g/mol. The van der Waals surface area contributed by atoms with E-state index in [9.17, 15) is 4.79 Å². The fraction of sp³-hybridized carbons (Fsp3) is 0.750. The molecule has 1 aromatic rings. The van der Waals surface area contributed by atoms with Crippen LogP contribution in [0.5, 0.6) is 0 Å². The minimum absolute atomic E-state index is 0.0908. The summed E-state index contributed by atoms with van der Waals surface area (Å²) in [6, 6.07) is 0. The fourth-order valence-corrected chi connectivity index (χ4v) is 2.19. The van der Waals surface area contributed by atoms with Gasteiger partial charge in [-0.2, -0.15) is 15.4 Å². The van der Waals surface area contributed by atoms with Crippen molar-refractivity contribution in [3.63, 3.8) is 0 Å². The first kappa shape index (κ1) is 14.0. The molecule has 1 aliphatic heterocycles. The molecule has 2 rings (SSSR count). The van der Waals surface area contributed by atoms with Crippen molar-refractivity contribution >= 4 is 5.91 Å². The molecule has 1 aromatic heterocycles. The van der Waals surface area contributed by atoms with Crippen LogP contribution in [0.2, 0.25) is 0 Å². The van der Waals surface area contributed by atoms with Gasteiger partial charge in [0, 0.05) is 26.1 Å². The fourth-order valence-electron chi connectivity index (χ4n) is 2.19. The van der Waals surface area contributed by atoms with E-state index >= 15 is 0 Å². The number of hydrogen-bond donors (Lipinski definition) is 2. The number of hydrogen-bond acceptors (Lipinski definition) is 5. The van der Waals surface area contributed by atoms with Crippen LogP contribution in [0.25, 0.3) is 0 Å². The normalized spacial score (nSPS) is 18.2. The zero-order valence-corrected chi connectivity index (χ0v) is 11.4. The van der Waals surface area contributed by atoms with E-state index in [1.807, 2.05) is 0 Å². The van der Waals surface area contributed by atoms with Crippen molar-refractivity contribution in [2.45, 2.75) is 12.8 Å². The van der Waals surface area contributed by atoms with Crippen LogP contribution in [0, 0.1) is 0 Å². The molecule has 19 heavy (non-hydrogen) atoms. The van der Waals surface area contributed by atoms with E-state index in [-0.39, 0.29) is 5.91 Å². The number of carbonyl (C=O) groups is 1. The van der Waals surface area contributed by atoms with Crippen LogP contribution in [0.3, 0.4) is 0 Å². The predicted octanol–water partition coefficient (Wildman–Crippen LogP) is -0.899. The highest BCUT2D eigenvalue weighted by Gasteiger charge is 2.14. The summed E-state index contributed by atoms with van der Waals surface area (Å²) in [7, 11) is 2.13. The summed E-state index contributed by atoms with van der Waals surface area (Å²) in [5.41, 5.74) is 0.872. The summed E-state index contributed by atoms with van der Waals surface area (Å²) in [6.07, 6.45) is 3.52. The van der Waals surface area contributed by atoms with Gasteiger partial charge in [0.25, 0.3) is 0 Å². The summed E-state index contributed by atoms with van der Waals surface area (Å²) in [5, 5.41) is 13.2. The molecule has 0 spiro atoms. The Labute approximate surface area is 113 Å². The van der Waals surface area contributed by atoms with Crippen LogP contribution in [-0.2, 0) is 11.2 Å². The van der Waals surface area contributed by atoms with Gasteiger partial charge in [-0.15, -0.1) is 0 Å². The zero-order valence-electron chi connectivity index (χ0n) is 11.4. The Balaban J connectivity index is 1.63.